The van der Waals surface area contributed by atoms with Crippen LogP contribution in [0.4, 0.5) is 5.82 Å². The van der Waals surface area contributed by atoms with Crippen molar-refractivity contribution >= 4 is 23.3 Å². The maximum Gasteiger partial charge on any atom is 0.242 e. The first-order valence-corrected chi connectivity index (χ1v) is 9.18. The molecule has 1 aliphatic rings. The molecule has 0 bridgehead atoms. The predicted molar refractivity (Wildman–Crippen MR) is 102 cm³/mol. The first kappa shape index (κ1) is 17.9. The van der Waals surface area contributed by atoms with Gasteiger partial charge in [0.15, 0.2) is 0 Å². The molecule has 5 heteroatoms. The van der Waals surface area contributed by atoms with Gasteiger partial charge in [0.2, 0.25) is 5.91 Å². The zero-order valence-corrected chi connectivity index (χ0v) is 15.2. The van der Waals surface area contributed by atoms with Gasteiger partial charge in [0.25, 0.3) is 0 Å². The third-order valence-electron chi connectivity index (χ3n) is 5.07. The number of pyridine rings is 1. The largest absolute Gasteiger partial charge is 0.309 e. The maximum absolute atomic E-state index is 12.4. The molecule has 0 spiro atoms. The van der Waals surface area contributed by atoms with Crippen LogP contribution >= 0.6 is 11.6 Å². The van der Waals surface area contributed by atoms with Gasteiger partial charge >= 0.3 is 0 Å². The highest BCUT2D eigenvalue weighted by atomic mass is 35.5. The Morgan fingerprint density at radius 1 is 1.20 bits per heavy atom. The van der Waals surface area contributed by atoms with E-state index >= 15 is 0 Å². The second-order valence-electron chi connectivity index (χ2n) is 6.81. The lowest BCUT2D eigenvalue weighted by atomic mass is 9.78. The summed E-state index contributed by atoms with van der Waals surface area (Å²) < 4.78 is 0. The van der Waals surface area contributed by atoms with Crippen molar-refractivity contribution in [1.29, 1.82) is 0 Å². The van der Waals surface area contributed by atoms with E-state index < -0.39 is 0 Å². The molecule has 1 atom stereocenters. The SMILES string of the molecule is CC(NCC1(c2ccccc2)CCCC1)C(=O)Nc1ccc(Cl)cn1. The van der Waals surface area contributed by atoms with Crippen LogP contribution in [0.5, 0.6) is 0 Å². The number of carbonyl (C=O) groups excluding carboxylic acids is 1. The van der Waals surface area contributed by atoms with Gasteiger partial charge in [-0.15, -0.1) is 0 Å². The molecule has 0 radical (unpaired) electrons. The Morgan fingerprint density at radius 3 is 2.56 bits per heavy atom. The van der Waals surface area contributed by atoms with Crippen LogP contribution in [0.2, 0.25) is 5.02 Å². The number of aromatic nitrogens is 1. The standard InChI is InChI=1S/C20H24ClN3O/c1-15(19(25)24-18-10-9-17(21)13-22-18)23-14-20(11-5-6-12-20)16-7-3-2-4-8-16/h2-4,7-10,13,15,23H,5-6,11-12,14H2,1H3,(H,22,24,25). The molecule has 1 saturated carbocycles. The fraction of sp³-hybridized carbons (Fsp3) is 0.400. The molecule has 0 aliphatic heterocycles. The molecule has 2 aromatic rings. The molecule has 1 fully saturated rings. The first-order valence-electron chi connectivity index (χ1n) is 8.80. The van der Waals surface area contributed by atoms with E-state index in [-0.39, 0.29) is 17.4 Å². The summed E-state index contributed by atoms with van der Waals surface area (Å²) in [4.78, 5) is 16.5. The highest BCUT2D eigenvalue weighted by molar-refractivity contribution is 6.30. The number of nitrogens with one attached hydrogen (secondary N) is 2. The zero-order chi connectivity index (χ0) is 17.7. The van der Waals surface area contributed by atoms with E-state index in [9.17, 15) is 4.79 Å². The second kappa shape index (κ2) is 7.98. The van der Waals surface area contributed by atoms with E-state index in [2.05, 4.69) is 45.9 Å². The summed E-state index contributed by atoms with van der Waals surface area (Å²) in [5.41, 5.74) is 1.50. The summed E-state index contributed by atoms with van der Waals surface area (Å²) in [6.45, 7) is 2.69. The third-order valence-corrected chi connectivity index (χ3v) is 5.29. The lowest BCUT2D eigenvalue weighted by Gasteiger charge is -2.31. The van der Waals surface area contributed by atoms with Crippen LogP contribution < -0.4 is 10.6 Å². The molecule has 1 aliphatic carbocycles. The van der Waals surface area contributed by atoms with Crippen LogP contribution in [0.3, 0.4) is 0 Å². The van der Waals surface area contributed by atoms with Crippen molar-refractivity contribution < 1.29 is 4.79 Å². The van der Waals surface area contributed by atoms with Crippen molar-refractivity contribution in [3.8, 4) is 0 Å². The van der Waals surface area contributed by atoms with Crippen LogP contribution in [0.25, 0.3) is 0 Å². The van der Waals surface area contributed by atoms with Crippen LogP contribution in [0.15, 0.2) is 48.7 Å². The zero-order valence-electron chi connectivity index (χ0n) is 14.5. The molecule has 3 rings (SSSR count). The number of hydrogen-bond acceptors (Lipinski definition) is 3. The number of rotatable bonds is 6. The Labute approximate surface area is 154 Å². The van der Waals surface area contributed by atoms with Crippen molar-refractivity contribution in [2.75, 3.05) is 11.9 Å². The van der Waals surface area contributed by atoms with E-state index in [1.807, 2.05) is 6.92 Å². The number of hydrogen-bond donors (Lipinski definition) is 2. The van der Waals surface area contributed by atoms with E-state index in [0.29, 0.717) is 10.8 Å². The van der Waals surface area contributed by atoms with E-state index in [1.54, 1.807) is 12.1 Å². The Morgan fingerprint density at radius 2 is 1.92 bits per heavy atom. The average molecular weight is 358 g/mol. The molecule has 2 N–H and O–H groups in total. The number of carbonyl (C=O) groups is 1. The molecule has 1 heterocycles. The summed E-state index contributed by atoms with van der Waals surface area (Å²) >= 11 is 5.82. The lowest BCUT2D eigenvalue weighted by Crippen LogP contribution is -2.45. The Kier molecular flexibility index (Phi) is 5.71. The summed E-state index contributed by atoms with van der Waals surface area (Å²) in [7, 11) is 0. The highest BCUT2D eigenvalue weighted by Gasteiger charge is 2.35. The molecule has 25 heavy (non-hydrogen) atoms. The van der Waals surface area contributed by atoms with Crippen LogP contribution in [-0.4, -0.2) is 23.5 Å². The quantitative estimate of drug-likeness (QED) is 0.816. The van der Waals surface area contributed by atoms with Gasteiger partial charge in [-0.1, -0.05) is 54.8 Å². The highest BCUT2D eigenvalue weighted by Crippen LogP contribution is 2.40. The number of amides is 1. The van der Waals surface area contributed by atoms with E-state index in [4.69, 9.17) is 11.6 Å². The van der Waals surface area contributed by atoms with Gasteiger partial charge in [-0.2, -0.15) is 0 Å². The monoisotopic (exact) mass is 357 g/mol. The van der Waals surface area contributed by atoms with Gasteiger partial charge in [0, 0.05) is 18.2 Å². The smallest absolute Gasteiger partial charge is 0.242 e. The van der Waals surface area contributed by atoms with Crippen molar-refractivity contribution in [3.63, 3.8) is 0 Å². The van der Waals surface area contributed by atoms with Gasteiger partial charge in [0.1, 0.15) is 5.82 Å². The third kappa shape index (κ3) is 4.39. The Hall–Kier alpha value is -1.91. The fourth-order valence-electron chi connectivity index (χ4n) is 3.54. The van der Waals surface area contributed by atoms with Gasteiger partial charge in [-0.05, 0) is 37.5 Å². The molecule has 1 aromatic heterocycles. The minimum Gasteiger partial charge on any atom is -0.309 e. The molecule has 1 aromatic carbocycles. The van der Waals surface area contributed by atoms with Crippen LogP contribution in [0, 0.1) is 0 Å². The predicted octanol–water partition coefficient (Wildman–Crippen LogP) is 4.16. The summed E-state index contributed by atoms with van der Waals surface area (Å²) in [6.07, 6.45) is 6.34. The molecule has 1 unspecified atom stereocenters. The molecule has 1 amide bonds. The van der Waals surface area contributed by atoms with E-state index in [0.717, 1.165) is 19.4 Å². The van der Waals surface area contributed by atoms with Gasteiger partial charge in [-0.25, -0.2) is 4.98 Å². The summed E-state index contributed by atoms with van der Waals surface area (Å²) in [6, 6.07) is 13.8. The number of benzene rings is 1. The topological polar surface area (TPSA) is 54.0 Å². The summed E-state index contributed by atoms with van der Waals surface area (Å²) in [5, 5.41) is 6.81. The molecular formula is C20H24ClN3O. The molecule has 4 nitrogen and oxygen atoms in total. The minimum atomic E-state index is -0.293. The van der Waals surface area contributed by atoms with Crippen molar-refractivity contribution in [3.05, 3.63) is 59.2 Å². The van der Waals surface area contributed by atoms with Crippen LogP contribution in [-0.2, 0) is 10.2 Å². The summed E-state index contributed by atoms with van der Waals surface area (Å²) in [5.74, 6) is 0.428. The Bertz CT molecular complexity index is 697. The van der Waals surface area contributed by atoms with Crippen molar-refractivity contribution in [2.24, 2.45) is 0 Å². The molecule has 132 valence electrons. The van der Waals surface area contributed by atoms with Crippen molar-refractivity contribution in [1.82, 2.24) is 10.3 Å². The molecular weight excluding hydrogens is 334 g/mol. The second-order valence-corrected chi connectivity index (χ2v) is 7.24. The number of anilines is 1. The Balaban J connectivity index is 1.61. The number of nitrogens with zero attached hydrogens (tertiary/aromatic N) is 1. The fourth-order valence-corrected chi connectivity index (χ4v) is 3.65. The van der Waals surface area contributed by atoms with Gasteiger partial charge < -0.3 is 10.6 Å². The first-order chi connectivity index (χ1) is 12.1. The van der Waals surface area contributed by atoms with E-state index in [1.165, 1.54) is 24.6 Å². The maximum atomic E-state index is 12.4. The minimum absolute atomic E-state index is 0.0870. The van der Waals surface area contributed by atoms with Gasteiger partial charge in [-0.3, -0.25) is 4.79 Å². The normalized spacial score (nSPS) is 17.2. The number of halogens is 1. The van der Waals surface area contributed by atoms with Crippen LogP contribution in [0.1, 0.15) is 38.2 Å². The van der Waals surface area contributed by atoms with Gasteiger partial charge in [0.05, 0.1) is 11.1 Å². The van der Waals surface area contributed by atoms with Crippen molar-refractivity contribution in [2.45, 2.75) is 44.1 Å². The molecule has 0 saturated heterocycles. The lowest BCUT2D eigenvalue weighted by molar-refractivity contribution is -0.117. The average Bonchev–Trinajstić information content (AvgIpc) is 3.12.